The summed E-state index contributed by atoms with van der Waals surface area (Å²) in [5.74, 6) is -1.80. The second kappa shape index (κ2) is 45.8. The normalized spacial score (nSPS) is 10.7. The van der Waals surface area contributed by atoms with E-state index in [0.29, 0.717) is 0 Å². The standard InChI is InChI=1S/C22H44O2.C18H36O2.Mg/c1-2-3-4-5-6-7-8-9-10-11-12-13-14-15-16-17-18-19-20-21-22(23)24;1-2-3-4-5-6-7-8-9-10-11-12-13-14-15-16-17-18(19)20;/h2-21H2,1H3,(H,23,24);2-17H2,1H3,(H,19,20);/q;;+2/p-2. The summed E-state index contributed by atoms with van der Waals surface area (Å²) in [5, 5.41) is 20.5. The Morgan fingerprint density at radius 1 is 0.289 bits per heavy atom. The Labute approximate surface area is 298 Å². The van der Waals surface area contributed by atoms with E-state index in [0.717, 1.165) is 25.7 Å². The Morgan fingerprint density at radius 3 is 0.556 bits per heavy atom. The van der Waals surface area contributed by atoms with Crippen LogP contribution in [0.3, 0.4) is 0 Å². The number of carbonyl (C=O) groups is 2. The van der Waals surface area contributed by atoms with Gasteiger partial charge in [-0.2, -0.15) is 0 Å². The van der Waals surface area contributed by atoms with Gasteiger partial charge in [0.05, 0.1) is 0 Å². The molecule has 0 aromatic rings. The third kappa shape index (κ3) is 53.5. The van der Waals surface area contributed by atoms with Gasteiger partial charge in [0, 0.05) is 11.9 Å². The van der Waals surface area contributed by atoms with E-state index in [2.05, 4.69) is 13.8 Å². The van der Waals surface area contributed by atoms with Crippen LogP contribution in [0.5, 0.6) is 0 Å². The van der Waals surface area contributed by atoms with Crippen LogP contribution in [0.1, 0.15) is 245 Å². The summed E-state index contributed by atoms with van der Waals surface area (Å²) < 4.78 is 0. The van der Waals surface area contributed by atoms with Crippen LogP contribution in [-0.2, 0) is 9.59 Å². The predicted molar refractivity (Wildman–Crippen MR) is 193 cm³/mol. The summed E-state index contributed by atoms with van der Waals surface area (Å²) in [5.41, 5.74) is 0. The molecule has 45 heavy (non-hydrogen) atoms. The van der Waals surface area contributed by atoms with E-state index in [-0.39, 0.29) is 35.9 Å². The molecule has 0 aromatic heterocycles. The van der Waals surface area contributed by atoms with Gasteiger partial charge in [0.25, 0.3) is 0 Å². The van der Waals surface area contributed by atoms with Crippen LogP contribution in [0.15, 0.2) is 0 Å². The van der Waals surface area contributed by atoms with Gasteiger partial charge in [0.15, 0.2) is 0 Å². The van der Waals surface area contributed by atoms with Crippen LogP contribution in [0.4, 0.5) is 0 Å². The minimum absolute atomic E-state index is 0. The molecule has 0 aliphatic carbocycles. The summed E-state index contributed by atoms with van der Waals surface area (Å²) in [4.78, 5) is 20.5. The van der Waals surface area contributed by atoms with Crippen molar-refractivity contribution in [2.24, 2.45) is 0 Å². The Kier molecular flexibility index (Phi) is 50.0. The van der Waals surface area contributed by atoms with Gasteiger partial charge in [-0.3, -0.25) is 0 Å². The molecule has 0 fully saturated rings. The van der Waals surface area contributed by atoms with E-state index < -0.39 is 11.9 Å². The summed E-state index contributed by atoms with van der Waals surface area (Å²) in [7, 11) is 0. The zero-order chi connectivity index (χ0) is 32.6. The maximum absolute atomic E-state index is 10.3. The monoisotopic (exact) mass is 647 g/mol. The first kappa shape index (κ1) is 49.1. The fourth-order valence-electron chi connectivity index (χ4n) is 5.99. The fraction of sp³-hybridized carbons (Fsp3) is 0.950. The molecule has 4 nitrogen and oxygen atoms in total. The van der Waals surface area contributed by atoms with Crippen LogP contribution >= 0.6 is 0 Å². The van der Waals surface area contributed by atoms with Crippen molar-refractivity contribution in [3.63, 3.8) is 0 Å². The van der Waals surface area contributed by atoms with Crippen LogP contribution in [-0.4, -0.2) is 35.0 Å². The molecule has 264 valence electrons. The van der Waals surface area contributed by atoms with Gasteiger partial charge < -0.3 is 19.8 Å². The van der Waals surface area contributed by atoms with E-state index >= 15 is 0 Å². The molecular formula is C40H78MgO4. The van der Waals surface area contributed by atoms with E-state index in [1.165, 1.54) is 193 Å². The van der Waals surface area contributed by atoms with Crippen LogP contribution in [0, 0.1) is 0 Å². The van der Waals surface area contributed by atoms with Gasteiger partial charge in [0.1, 0.15) is 0 Å². The number of carboxylic acid groups (broad SMARTS) is 2. The number of hydrogen-bond acceptors (Lipinski definition) is 4. The van der Waals surface area contributed by atoms with Crippen molar-refractivity contribution in [2.75, 3.05) is 0 Å². The maximum Gasteiger partial charge on any atom is 2.00 e. The molecule has 0 saturated carbocycles. The van der Waals surface area contributed by atoms with E-state index in [4.69, 9.17) is 0 Å². The Hall–Kier alpha value is -0.294. The molecule has 0 radical (unpaired) electrons. The summed E-state index contributed by atoms with van der Waals surface area (Å²) in [6.45, 7) is 4.55. The molecule has 0 unspecified atom stereocenters. The van der Waals surface area contributed by atoms with Crippen molar-refractivity contribution in [3.05, 3.63) is 0 Å². The van der Waals surface area contributed by atoms with Crippen molar-refractivity contribution in [1.82, 2.24) is 0 Å². The molecule has 0 spiro atoms. The second-order valence-electron chi connectivity index (χ2n) is 13.6. The van der Waals surface area contributed by atoms with Gasteiger partial charge in [-0.25, -0.2) is 0 Å². The molecule has 0 aliphatic rings. The van der Waals surface area contributed by atoms with E-state index in [1.807, 2.05) is 0 Å². The number of aliphatic carboxylic acids is 2. The molecule has 0 aromatic carbocycles. The van der Waals surface area contributed by atoms with Crippen molar-refractivity contribution in [2.45, 2.75) is 245 Å². The Balaban J connectivity index is -0.000000779. The van der Waals surface area contributed by atoms with Gasteiger partial charge in [-0.05, 0) is 25.7 Å². The molecule has 0 N–H and O–H groups in total. The molecule has 0 amide bonds. The van der Waals surface area contributed by atoms with E-state index in [1.54, 1.807) is 0 Å². The average Bonchev–Trinajstić information content (AvgIpc) is 3.00. The summed E-state index contributed by atoms with van der Waals surface area (Å²) in [6, 6.07) is 0. The molecule has 5 heteroatoms. The first-order valence-electron chi connectivity index (χ1n) is 19.9. The van der Waals surface area contributed by atoms with Crippen molar-refractivity contribution in [3.8, 4) is 0 Å². The number of unbranched alkanes of at least 4 members (excludes halogenated alkanes) is 32. The fourth-order valence-corrected chi connectivity index (χ4v) is 5.99. The second-order valence-corrected chi connectivity index (χ2v) is 13.6. The third-order valence-electron chi connectivity index (χ3n) is 8.97. The largest absolute Gasteiger partial charge is 2.00 e. The van der Waals surface area contributed by atoms with Crippen LogP contribution < -0.4 is 10.2 Å². The number of carboxylic acids is 2. The smallest absolute Gasteiger partial charge is 0.550 e. The zero-order valence-electron chi connectivity index (χ0n) is 30.8. The van der Waals surface area contributed by atoms with Crippen molar-refractivity contribution >= 4 is 35.0 Å². The first-order chi connectivity index (χ1) is 21.5. The predicted octanol–water partition coefficient (Wildman–Crippen LogP) is 11.2. The van der Waals surface area contributed by atoms with Gasteiger partial charge in [-0.15, -0.1) is 0 Å². The average molecular weight is 647 g/mol. The number of rotatable bonds is 36. The quantitative estimate of drug-likeness (QED) is 0.0501. The number of hydrogen-bond donors (Lipinski definition) is 0. The Morgan fingerprint density at radius 2 is 0.422 bits per heavy atom. The van der Waals surface area contributed by atoms with Crippen molar-refractivity contribution < 1.29 is 19.8 Å². The first-order valence-corrected chi connectivity index (χ1v) is 19.9. The zero-order valence-corrected chi connectivity index (χ0v) is 32.2. The Bertz CT molecular complexity index is 554. The van der Waals surface area contributed by atoms with E-state index in [9.17, 15) is 19.8 Å². The molecule has 0 rings (SSSR count). The molecule has 0 atom stereocenters. The van der Waals surface area contributed by atoms with Crippen LogP contribution in [0.25, 0.3) is 0 Å². The third-order valence-corrected chi connectivity index (χ3v) is 8.97. The van der Waals surface area contributed by atoms with Crippen molar-refractivity contribution in [1.29, 1.82) is 0 Å². The minimum Gasteiger partial charge on any atom is -0.550 e. The number of carbonyl (C=O) groups excluding carboxylic acids is 2. The summed E-state index contributed by atoms with van der Waals surface area (Å²) >= 11 is 0. The molecular weight excluding hydrogens is 569 g/mol. The van der Waals surface area contributed by atoms with Gasteiger partial charge in [0.2, 0.25) is 0 Å². The maximum atomic E-state index is 10.3. The molecule has 0 saturated heterocycles. The molecule has 0 bridgehead atoms. The van der Waals surface area contributed by atoms with Crippen LogP contribution in [0.2, 0.25) is 0 Å². The van der Waals surface area contributed by atoms with Gasteiger partial charge >= 0.3 is 23.1 Å². The van der Waals surface area contributed by atoms with Gasteiger partial charge in [-0.1, -0.05) is 219 Å². The molecule has 0 heterocycles. The molecule has 0 aliphatic heterocycles. The minimum atomic E-state index is -0.903. The summed E-state index contributed by atoms with van der Waals surface area (Å²) in [6.07, 6.45) is 45.6. The topological polar surface area (TPSA) is 80.3 Å². The SMILES string of the molecule is CCCCCCCCCCCCCCCCCC(=O)[O-].CCCCCCCCCCCCCCCCCCCCCC(=O)[O-].[Mg+2].